The number of rotatable bonds is 4. The zero-order valence-corrected chi connectivity index (χ0v) is 11.8. The summed E-state index contributed by atoms with van der Waals surface area (Å²) in [5.74, 6) is 0.582. The van der Waals surface area contributed by atoms with Crippen molar-refractivity contribution in [2.24, 2.45) is 10.7 Å². The fraction of sp³-hybridized carbons (Fsp3) is 0.429. The van der Waals surface area contributed by atoms with E-state index in [4.69, 9.17) is 5.73 Å². The Labute approximate surface area is 113 Å². The molecule has 0 atom stereocenters. The summed E-state index contributed by atoms with van der Waals surface area (Å²) in [7, 11) is 0. The second-order valence-electron chi connectivity index (χ2n) is 4.55. The summed E-state index contributed by atoms with van der Waals surface area (Å²) in [5, 5.41) is 0. The van der Waals surface area contributed by atoms with Crippen LogP contribution in [-0.4, -0.2) is 33.3 Å². The van der Waals surface area contributed by atoms with Crippen molar-refractivity contribution in [1.82, 2.24) is 14.3 Å². The molecule has 2 aromatic rings. The lowest BCUT2D eigenvalue weighted by Crippen LogP contribution is -2.37. The molecule has 0 saturated heterocycles. The largest absolute Gasteiger partial charge is 0.370 e. The molecule has 5 nitrogen and oxygen atoms in total. The molecule has 0 saturated carbocycles. The summed E-state index contributed by atoms with van der Waals surface area (Å²) in [6.07, 6.45) is 4.01. The van der Waals surface area contributed by atoms with Crippen LogP contribution in [0, 0.1) is 6.92 Å². The number of guanidine groups is 1. The second-order valence-corrected chi connectivity index (χ2v) is 4.55. The van der Waals surface area contributed by atoms with Crippen LogP contribution in [0.15, 0.2) is 29.5 Å². The van der Waals surface area contributed by atoms with Gasteiger partial charge in [0.25, 0.3) is 0 Å². The summed E-state index contributed by atoms with van der Waals surface area (Å²) in [6, 6.07) is 4.12. The molecule has 0 radical (unpaired) electrons. The first-order valence-corrected chi connectivity index (χ1v) is 6.63. The summed E-state index contributed by atoms with van der Waals surface area (Å²) in [4.78, 5) is 11.0. The summed E-state index contributed by atoms with van der Waals surface area (Å²) in [5.41, 5.74) is 9.03. The van der Waals surface area contributed by atoms with Crippen molar-refractivity contribution >= 4 is 11.6 Å². The second kappa shape index (κ2) is 5.73. The van der Waals surface area contributed by atoms with Gasteiger partial charge < -0.3 is 15.0 Å². The van der Waals surface area contributed by atoms with E-state index in [1.165, 1.54) is 5.56 Å². The topological polar surface area (TPSA) is 58.9 Å². The van der Waals surface area contributed by atoms with Crippen LogP contribution in [0.3, 0.4) is 0 Å². The van der Waals surface area contributed by atoms with Crippen LogP contribution < -0.4 is 5.73 Å². The summed E-state index contributed by atoms with van der Waals surface area (Å²) < 4.78 is 2.01. The van der Waals surface area contributed by atoms with Crippen LogP contribution >= 0.6 is 0 Å². The van der Waals surface area contributed by atoms with Crippen molar-refractivity contribution in [3.05, 3.63) is 35.8 Å². The van der Waals surface area contributed by atoms with Gasteiger partial charge in [0, 0.05) is 25.5 Å². The molecule has 0 aliphatic heterocycles. The van der Waals surface area contributed by atoms with Crippen molar-refractivity contribution in [2.45, 2.75) is 27.3 Å². The quantitative estimate of drug-likeness (QED) is 0.673. The molecule has 2 N–H and O–H groups in total. The van der Waals surface area contributed by atoms with Gasteiger partial charge in [0.15, 0.2) is 5.96 Å². The Hall–Kier alpha value is -2.04. The highest BCUT2D eigenvalue weighted by Crippen LogP contribution is 2.08. The van der Waals surface area contributed by atoms with E-state index in [9.17, 15) is 0 Å². The summed E-state index contributed by atoms with van der Waals surface area (Å²) >= 11 is 0. The molecule has 2 heterocycles. The maximum Gasteiger partial charge on any atom is 0.191 e. The Bertz CT molecular complexity index is 581. The van der Waals surface area contributed by atoms with Gasteiger partial charge in [-0.1, -0.05) is 0 Å². The zero-order chi connectivity index (χ0) is 13.8. The maximum absolute atomic E-state index is 5.95. The van der Waals surface area contributed by atoms with Gasteiger partial charge in [-0.25, -0.2) is 9.98 Å². The first-order chi connectivity index (χ1) is 9.13. The number of nitrogens with two attached hydrogens (primary N) is 1. The molecule has 0 aliphatic rings. The van der Waals surface area contributed by atoms with E-state index in [0.717, 1.165) is 24.4 Å². The normalized spacial score (nSPS) is 12.1. The minimum atomic E-state index is 0.517. The predicted molar refractivity (Wildman–Crippen MR) is 78.2 cm³/mol. The number of hydrogen-bond acceptors (Lipinski definition) is 2. The van der Waals surface area contributed by atoms with Crippen molar-refractivity contribution in [2.75, 3.05) is 13.1 Å². The number of imidazole rings is 1. The van der Waals surface area contributed by atoms with Crippen LogP contribution in [0.2, 0.25) is 0 Å². The third kappa shape index (κ3) is 3.05. The molecule has 0 fully saturated rings. The SMILES string of the molecule is CCN(CC)C(N)=NCc1cn2ccc(C)cc2n1. The van der Waals surface area contributed by atoms with Gasteiger partial charge in [-0.2, -0.15) is 0 Å². The van der Waals surface area contributed by atoms with E-state index >= 15 is 0 Å². The molecule has 2 aromatic heterocycles. The van der Waals surface area contributed by atoms with Crippen LogP contribution in [0.4, 0.5) is 0 Å². The summed E-state index contributed by atoms with van der Waals surface area (Å²) in [6.45, 7) is 8.46. The van der Waals surface area contributed by atoms with Crippen molar-refractivity contribution in [3.8, 4) is 0 Å². The average molecular weight is 259 g/mol. The van der Waals surface area contributed by atoms with Gasteiger partial charge in [0.2, 0.25) is 0 Å². The highest BCUT2D eigenvalue weighted by atomic mass is 15.2. The number of fused-ring (bicyclic) bond motifs is 1. The number of pyridine rings is 1. The zero-order valence-electron chi connectivity index (χ0n) is 11.8. The number of aliphatic imine (C=N–C) groups is 1. The number of aryl methyl sites for hydroxylation is 1. The van der Waals surface area contributed by atoms with E-state index in [-0.39, 0.29) is 0 Å². The molecule has 0 spiro atoms. The predicted octanol–water partition coefficient (Wildman–Crippen LogP) is 1.80. The monoisotopic (exact) mass is 259 g/mol. The standard InChI is InChI=1S/C14H21N5/c1-4-18(5-2)14(15)16-9-12-10-19-7-6-11(3)8-13(19)17-12/h6-8,10H,4-5,9H2,1-3H3,(H2,15,16). The third-order valence-corrected chi connectivity index (χ3v) is 3.16. The van der Waals surface area contributed by atoms with E-state index in [2.05, 4.69) is 42.9 Å². The molecule has 0 unspecified atom stereocenters. The molecule has 19 heavy (non-hydrogen) atoms. The van der Waals surface area contributed by atoms with E-state index < -0.39 is 0 Å². The Balaban J connectivity index is 2.15. The highest BCUT2D eigenvalue weighted by molar-refractivity contribution is 5.77. The van der Waals surface area contributed by atoms with Crippen LogP contribution in [0.25, 0.3) is 5.65 Å². The molecule has 2 rings (SSSR count). The van der Waals surface area contributed by atoms with Crippen LogP contribution in [0.5, 0.6) is 0 Å². The number of aromatic nitrogens is 2. The van der Waals surface area contributed by atoms with Gasteiger partial charge in [0.05, 0.1) is 12.2 Å². The lowest BCUT2D eigenvalue weighted by atomic mass is 10.3. The first kappa shape index (κ1) is 13.4. The average Bonchev–Trinajstić information content (AvgIpc) is 2.79. The Morgan fingerprint density at radius 3 is 2.84 bits per heavy atom. The lowest BCUT2D eigenvalue weighted by molar-refractivity contribution is 0.458. The smallest absolute Gasteiger partial charge is 0.191 e. The third-order valence-electron chi connectivity index (χ3n) is 3.16. The fourth-order valence-electron chi connectivity index (χ4n) is 2.02. The molecule has 102 valence electrons. The highest BCUT2D eigenvalue weighted by Gasteiger charge is 2.04. The maximum atomic E-state index is 5.95. The minimum Gasteiger partial charge on any atom is -0.370 e. The molecule has 0 aliphatic carbocycles. The Kier molecular flexibility index (Phi) is 4.04. The van der Waals surface area contributed by atoms with Gasteiger partial charge >= 0.3 is 0 Å². The first-order valence-electron chi connectivity index (χ1n) is 6.63. The van der Waals surface area contributed by atoms with Gasteiger partial charge in [0.1, 0.15) is 5.65 Å². The van der Waals surface area contributed by atoms with Crippen molar-refractivity contribution in [3.63, 3.8) is 0 Å². The van der Waals surface area contributed by atoms with E-state index in [0.29, 0.717) is 12.5 Å². The van der Waals surface area contributed by atoms with Crippen LogP contribution in [-0.2, 0) is 6.54 Å². The van der Waals surface area contributed by atoms with E-state index in [1.807, 2.05) is 21.7 Å². The number of nitrogens with zero attached hydrogens (tertiary/aromatic N) is 4. The van der Waals surface area contributed by atoms with Crippen molar-refractivity contribution < 1.29 is 0 Å². The van der Waals surface area contributed by atoms with Crippen LogP contribution in [0.1, 0.15) is 25.1 Å². The molecule has 0 bridgehead atoms. The fourth-order valence-corrected chi connectivity index (χ4v) is 2.02. The minimum absolute atomic E-state index is 0.517. The Morgan fingerprint density at radius 1 is 1.42 bits per heavy atom. The van der Waals surface area contributed by atoms with E-state index in [1.54, 1.807) is 0 Å². The lowest BCUT2D eigenvalue weighted by Gasteiger charge is -2.18. The van der Waals surface area contributed by atoms with Crippen molar-refractivity contribution in [1.29, 1.82) is 0 Å². The molecular formula is C14H21N5. The Morgan fingerprint density at radius 2 is 2.16 bits per heavy atom. The molecular weight excluding hydrogens is 238 g/mol. The molecule has 0 aromatic carbocycles. The molecule has 5 heteroatoms. The number of hydrogen-bond donors (Lipinski definition) is 1. The van der Waals surface area contributed by atoms with Gasteiger partial charge in [-0.05, 0) is 38.5 Å². The molecule has 0 amide bonds. The van der Waals surface area contributed by atoms with Gasteiger partial charge in [-0.3, -0.25) is 0 Å². The van der Waals surface area contributed by atoms with Gasteiger partial charge in [-0.15, -0.1) is 0 Å².